The van der Waals surface area contributed by atoms with Gasteiger partial charge in [-0.3, -0.25) is 9.59 Å². The number of anilines is 5. The van der Waals surface area contributed by atoms with Crippen molar-refractivity contribution in [3.63, 3.8) is 0 Å². The number of nitrogens with zero attached hydrogens (tertiary/aromatic N) is 2. The van der Waals surface area contributed by atoms with E-state index in [2.05, 4.69) is 25.9 Å². The molecule has 0 radical (unpaired) electrons. The van der Waals surface area contributed by atoms with Gasteiger partial charge in [0.25, 0.3) is 10.9 Å². The minimum atomic E-state index is -0.533. The minimum absolute atomic E-state index is 0.108. The quantitative estimate of drug-likeness (QED) is 0.398. The average Bonchev–Trinajstić information content (AvgIpc) is 3.15. The molecule has 0 spiro atoms. The maximum absolute atomic E-state index is 12.1. The fourth-order valence-corrected chi connectivity index (χ4v) is 3.63. The van der Waals surface area contributed by atoms with Gasteiger partial charge in [-0.2, -0.15) is 0 Å². The van der Waals surface area contributed by atoms with Crippen LogP contribution in [0, 0.1) is 6.92 Å². The van der Waals surface area contributed by atoms with Gasteiger partial charge in [0.1, 0.15) is 17.2 Å². The maximum atomic E-state index is 12.1. The highest BCUT2D eigenvalue weighted by molar-refractivity contribution is 7.13. The molecular weight excluding hydrogens is 386 g/mol. The summed E-state index contributed by atoms with van der Waals surface area (Å²) in [7, 11) is 0. The first-order chi connectivity index (χ1) is 14.0. The van der Waals surface area contributed by atoms with Gasteiger partial charge in [-0.1, -0.05) is 30.3 Å². The largest absolute Gasteiger partial charge is 0.373 e. The van der Waals surface area contributed by atoms with Crippen molar-refractivity contribution in [2.75, 3.05) is 16.0 Å². The summed E-state index contributed by atoms with van der Waals surface area (Å²) in [4.78, 5) is 32.8. The molecule has 2 aromatic heterocycles. The molecule has 0 saturated carbocycles. The highest BCUT2D eigenvalue weighted by Crippen LogP contribution is 2.27. The molecule has 0 saturated heterocycles. The number of nitrogens with one attached hydrogen (secondary N) is 3. The first-order valence-corrected chi connectivity index (χ1v) is 9.96. The van der Waals surface area contributed by atoms with Crippen LogP contribution in [0.25, 0.3) is 0 Å². The summed E-state index contributed by atoms with van der Waals surface area (Å²) in [5.74, 6) is 0.593. The zero-order valence-electron chi connectivity index (χ0n) is 15.9. The van der Waals surface area contributed by atoms with Crippen LogP contribution in [0.15, 0.2) is 63.6 Å². The Kier molecular flexibility index (Phi) is 5.09. The van der Waals surface area contributed by atoms with E-state index >= 15 is 0 Å². The molecule has 0 aliphatic carbocycles. The van der Waals surface area contributed by atoms with Crippen LogP contribution in [-0.4, -0.2) is 9.97 Å². The second-order valence-corrected chi connectivity index (χ2v) is 7.52. The lowest BCUT2D eigenvalue weighted by molar-refractivity contribution is 0.880. The lowest BCUT2D eigenvalue weighted by atomic mass is 10.1. The summed E-state index contributed by atoms with van der Waals surface area (Å²) in [6, 6.07) is 13.1. The molecule has 4 rings (SSSR count). The van der Waals surface area contributed by atoms with Gasteiger partial charge in [-0.05, 0) is 25.5 Å². The Bertz CT molecular complexity index is 1210. The van der Waals surface area contributed by atoms with Crippen LogP contribution in [0.4, 0.5) is 28.0 Å². The molecule has 146 valence electrons. The van der Waals surface area contributed by atoms with E-state index in [4.69, 9.17) is 0 Å². The minimum Gasteiger partial charge on any atom is -0.373 e. The van der Waals surface area contributed by atoms with Crippen LogP contribution in [0.2, 0.25) is 0 Å². The van der Waals surface area contributed by atoms with Crippen LogP contribution in [0.3, 0.4) is 0 Å². The van der Waals surface area contributed by atoms with Crippen molar-refractivity contribution < 1.29 is 0 Å². The number of thiazole rings is 1. The fraction of sp³-hybridized carbons (Fsp3) is 0.143. The van der Waals surface area contributed by atoms with Gasteiger partial charge in [0.15, 0.2) is 5.13 Å². The molecule has 4 aromatic rings. The summed E-state index contributed by atoms with van der Waals surface area (Å²) < 4.78 is 0. The topological polar surface area (TPSA) is 96.0 Å². The molecular formula is C21H19N5O2S. The predicted molar refractivity (Wildman–Crippen MR) is 117 cm³/mol. The van der Waals surface area contributed by atoms with Crippen LogP contribution in [-0.2, 0) is 0 Å². The van der Waals surface area contributed by atoms with E-state index in [0.717, 1.165) is 16.4 Å². The van der Waals surface area contributed by atoms with Gasteiger partial charge < -0.3 is 16.0 Å². The molecule has 0 fully saturated rings. The predicted octanol–water partition coefficient (Wildman–Crippen LogP) is 4.10. The van der Waals surface area contributed by atoms with Gasteiger partial charge in [0, 0.05) is 29.4 Å². The monoisotopic (exact) mass is 405 g/mol. The van der Waals surface area contributed by atoms with Gasteiger partial charge in [0.05, 0.1) is 5.69 Å². The highest BCUT2D eigenvalue weighted by Gasteiger charge is 2.23. The molecule has 0 amide bonds. The smallest absolute Gasteiger partial charge is 0.253 e. The zero-order chi connectivity index (χ0) is 20.4. The van der Waals surface area contributed by atoms with Gasteiger partial charge in [-0.15, -0.1) is 11.3 Å². The van der Waals surface area contributed by atoms with Crippen molar-refractivity contribution >= 4 is 39.3 Å². The van der Waals surface area contributed by atoms with Gasteiger partial charge in [0.2, 0.25) is 0 Å². The summed E-state index contributed by atoms with van der Waals surface area (Å²) in [5.41, 5.74) is 2.13. The van der Waals surface area contributed by atoms with E-state index in [0.29, 0.717) is 17.2 Å². The molecule has 3 N–H and O–H groups in total. The van der Waals surface area contributed by atoms with E-state index in [9.17, 15) is 9.59 Å². The number of aromatic nitrogens is 2. The maximum Gasteiger partial charge on any atom is 0.253 e. The number of aryl methyl sites for hydroxylation is 1. The molecule has 0 aliphatic heterocycles. The Balaban J connectivity index is 1.52. The molecule has 29 heavy (non-hydrogen) atoms. The summed E-state index contributed by atoms with van der Waals surface area (Å²) in [5, 5.41) is 12.0. The van der Waals surface area contributed by atoms with Crippen molar-refractivity contribution in [3.05, 3.63) is 85.7 Å². The molecule has 7 nitrogen and oxygen atoms in total. The second-order valence-electron chi connectivity index (χ2n) is 6.66. The van der Waals surface area contributed by atoms with Crippen LogP contribution >= 0.6 is 11.3 Å². The average molecular weight is 405 g/mol. The number of pyridine rings is 1. The van der Waals surface area contributed by atoms with Crippen LogP contribution in [0.5, 0.6) is 0 Å². The standard InChI is InChI=1S/C21H19N5O2S/c1-12-11-29-21(23-12)26-16-10-15(8-9-22-16)25-18-17(19(27)20(18)28)24-13(2)14-6-4-3-5-7-14/h3-11,13,24H,1-2H3,(H2,22,23,25,26)/t13-/m1/s1. The van der Waals surface area contributed by atoms with E-state index in [-0.39, 0.29) is 11.7 Å². The Morgan fingerprint density at radius 1 is 1.00 bits per heavy atom. The molecule has 2 aromatic carbocycles. The van der Waals surface area contributed by atoms with Crippen molar-refractivity contribution in [2.45, 2.75) is 19.9 Å². The normalized spacial score (nSPS) is 11.9. The third-order valence-electron chi connectivity index (χ3n) is 4.45. The van der Waals surface area contributed by atoms with Crippen LogP contribution < -0.4 is 26.8 Å². The van der Waals surface area contributed by atoms with Gasteiger partial charge >= 0.3 is 0 Å². The Morgan fingerprint density at radius 3 is 2.48 bits per heavy atom. The lowest BCUT2D eigenvalue weighted by Gasteiger charge is -2.20. The van der Waals surface area contributed by atoms with E-state index in [1.165, 1.54) is 11.3 Å². The second kappa shape index (κ2) is 7.84. The zero-order valence-corrected chi connectivity index (χ0v) is 16.7. The Morgan fingerprint density at radius 2 is 1.76 bits per heavy atom. The number of rotatable bonds is 7. The molecule has 2 heterocycles. The van der Waals surface area contributed by atoms with Crippen molar-refractivity contribution in [1.29, 1.82) is 0 Å². The van der Waals surface area contributed by atoms with E-state index in [1.54, 1.807) is 18.3 Å². The lowest BCUT2D eigenvalue weighted by Crippen LogP contribution is -2.37. The van der Waals surface area contributed by atoms with E-state index in [1.807, 2.05) is 49.6 Å². The summed E-state index contributed by atoms with van der Waals surface area (Å²) in [6.45, 7) is 3.87. The molecule has 8 heteroatoms. The number of hydrogen-bond donors (Lipinski definition) is 3. The first kappa shape index (κ1) is 18.8. The number of benzene rings is 1. The van der Waals surface area contributed by atoms with Crippen molar-refractivity contribution in [2.24, 2.45) is 0 Å². The third-order valence-corrected chi connectivity index (χ3v) is 5.33. The van der Waals surface area contributed by atoms with E-state index < -0.39 is 10.9 Å². The number of hydrogen-bond acceptors (Lipinski definition) is 8. The summed E-state index contributed by atoms with van der Waals surface area (Å²) in [6.07, 6.45) is 1.62. The van der Waals surface area contributed by atoms with Crippen LogP contribution in [0.1, 0.15) is 24.2 Å². The summed E-state index contributed by atoms with van der Waals surface area (Å²) >= 11 is 1.48. The Labute approximate surface area is 171 Å². The SMILES string of the molecule is Cc1csc(Nc2cc(Nc3c(N[C@H](C)c4ccccc4)c(=O)c3=O)ccn2)n1. The molecule has 0 aliphatic rings. The molecule has 0 unspecified atom stereocenters. The Hall–Kier alpha value is -3.52. The van der Waals surface area contributed by atoms with Crippen molar-refractivity contribution in [1.82, 2.24) is 9.97 Å². The van der Waals surface area contributed by atoms with Crippen molar-refractivity contribution in [3.8, 4) is 0 Å². The molecule has 0 bridgehead atoms. The highest BCUT2D eigenvalue weighted by atomic mass is 32.1. The fourth-order valence-electron chi connectivity index (χ4n) is 2.93. The molecule has 1 atom stereocenters. The third kappa shape index (κ3) is 4.02. The van der Waals surface area contributed by atoms with Gasteiger partial charge in [-0.25, -0.2) is 9.97 Å². The first-order valence-electron chi connectivity index (χ1n) is 9.08.